The van der Waals surface area contributed by atoms with Gasteiger partial charge in [0.05, 0.1) is 0 Å². The average molecular weight is 248 g/mol. The number of hydrogen-bond acceptors (Lipinski definition) is 3. The molecule has 3 N–H and O–H groups in total. The number of nitrogens with zero attached hydrogens (tertiary/aromatic N) is 4. The molecule has 1 aromatic rings. The molecule has 0 atom stereocenters. The van der Waals surface area contributed by atoms with Gasteiger partial charge in [0, 0.05) is 19.5 Å². The molecule has 0 saturated heterocycles. The maximum atomic E-state index is 5.84. The van der Waals surface area contributed by atoms with Crippen LogP contribution in [0.25, 0.3) is 0 Å². The minimum absolute atomic E-state index is 0.524. The smallest absolute Gasteiger partial charge is 0.189 e. The van der Waals surface area contributed by atoms with Gasteiger partial charge in [-0.1, -0.05) is 6.42 Å². The number of aliphatic imine (C=N–C) groups is 1. The molecule has 6 nitrogen and oxygen atoms in total. The Kier molecular flexibility index (Phi) is 3.17. The van der Waals surface area contributed by atoms with Crippen LogP contribution in [-0.4, -0.2) is 27.3 Å². The third-order valence-corrected chi connectivity index (χ3v) is 3.87. The molecule has 2 heterocycles. The van der Waals surface area contributed by atoms with Gasteiger partial charge < -0.3 is 15.6 Å². The van der Waals surface area contributed by atoms with E-state index >= 15 is 0 Å². The minimum Gasteiger partial charge on any atom is -0.370 e. The van der Waals surface area contributed by atoms with Gasteiger partial charge in [-0.3, -0.25) is 0 Å². The first-order valence-electron chi connectivity index (χ1n) is 6.77. The molecule has 1 saturated carbocycles. The summed E-state index contributed by atoms with van der Waals surface area (Å²) in [6.07, 6.45) is 6.19. The highest BCUT2D eigenvalue weighted by Crippen LogP contribution is 2.24. The summed E-state index contributed by atoms with van der Waals surface area (Å²) in [7, 11) is 0. The van der Waals surface area contributed by atoms with E-state index in [1.165, 1.54) is 19.3 Å². The molecule has 0 amide bonds. The predicted molar refractivity (Wildman–Crippen MR) is 69.0 cm³/mol. The Morgan fingerprint density at radius 3 is 3.06 bits per heavy atom. The van der Waals surface area contributed by atoms with E-state index in [1.807, 2.05) is 0 Å². The van der Waals surface area contributed by atoms with Crippen LogP contribution in [0, 0.1) is 5.92 Å². The summed E-state index contributed by atoms with van der Waals surface area (Å²) in [5, 5.41) is 11.5. The van der Waals surface area contributed by atoms with E-state index in [2.05, 4.69) is 25.1 Å². The highest BCUT2D eigenvalue weighted by Gasteiger charge is 2.18. The number of nitrogens with one attached hydrogen (secondary N) is 1. The lowest BCUT2D eigenvalue weighted by Gasteiger charge is -2.25. The van der Waals surface area contributed by atoms with Gasteiger partial charge in [0.15, 0.2) is 11.8 Å². The van der Waals surface area contributed by atoms with E-state index in [0.717, 1.165) is 43.5 Å². The van der Waals surface area contributed by atoms with Gasteiger partial charge in [-0.05, 0) is 25.2 Å². The van der Waals surface area contributed by atoms with Crippen molar-refractivity contribution < 1.29 is 0 Å². The molecule has 1 aromatic heterocycles. The van der Waals surface area contributed by atoms with E-state index in [0.29, 0.717) is 12.5 Å². The SMILES string of the molecule is NC(=NCc1nnc2n1CCC2)NCC1CCC1. The Morgan fingerprint density at radius 2 is 2.28 bits per heavy atom. The van der Waals surface area contributed by atoms with Crippen LogP contribution in [0.3, 0.4) is 0 Å². The molecule has 0 spiro atoms. The van der Waals surface area contributed by atoms with Crippen LogP contribution < -0.4 is 11.1 Å². The molecular formula is C12H20N6. The molecule has 1 aliphatic carbocycles. The number of nitrogens with two attached hydrogens (primary N) is 1. The number of rotatable bonds is 4. The van der Waals surface area contributed by atoms with Crippen LogP contribution >= 0.6 is 0 Å². The van der Waals surface area contributed by atoms with Crippen molar-refractivity contribution in [2.45, 2.75) is 45.2 Å². The first-order chi connectivity index (χ1) is 8.83. The Hall–Kier alpha value is -1.59. The Bertz CT molecular complexity index is 445. The average Bonchev–Trinajstić information content (AvgIpc) is 2.86. The maximum absolute atomic E-state index is 5.84. The fourth-order valence-electron chi connectivity index (χ4n) is 2.49. The molecule has 1 fully saturated rings. The monoisotopic (exact) mass is 248 g/mol. The lowest BCUT2D eigenvalue weighted by Crippen LogP contribution is -2.37. The summed E-state index contributed by atoms with van der Waals surface area (Å²) in [5.74, 6) is 3.32. The van der Waals surface area contributed by atoms with Gasteiger partial charge >= 0.3 is 0 Å². The molecule has 0 aromatic carbocycles. The first-order valence-corrected chi connectivity index (χ1v) is 6.77. The highest BCUT2D eigenvalue weighted by molar-refractivity contribution is 5.77. The van der Waals surface area contributed by atoms with E-state index < -0.39 is 0 Å². The van der Waals surface area contributed by atoms with Gasteiger partial charge in [0.2, 0.25) is 0 Å². The van der Waals surface area contributed by atoms with Crippen LogP contribution in [-0.2, 0) is 19.5 Å². The lowest BCUT2D eigenvalue weighted by molar-refractivity contribution is 0.315. The summed E-state index contributed by atoms with van der Waals surface area (Å²) in [6, 6.07) is 0. The number of aromatic nitrogens is 3. The molecule has 2 aliphatic rings. The van der Waals surface area contributed by atoms with Crippen molar-refractivity contribution in [3.63, 3.8) is 0 Å². The number of guanidine groups is 1. The molecule has 98 valence electrons. The second-order valence-electron chi connectivity index (χ2n) is 5.17. The summed E-state index contributed by atoms with van der Waals surface area (Å²) < 4.78 is 2.16. The van der Waals surface area contributed by atoms with E-state index in [-0.39, 0.29) is 0 Å². The van der Waals surface area contributed by atoms with Crippen molar-refractivity contribution in [3.8, 4) is 0 Å². The Balaban J connectivity index is 1.52. The highest BCUT2D eigenvalue weighted by atomic mass is 15.3. The lowest BCUT2D eigenvalue weighted by atomic mass is 9.85. The molecular weight excluding hydrogens is 228 g/mol. The van der Waals surface area contributed by atoms with Gasteiger partial charge in [0.1, 0.15) is 12.4 Å². The predicted octanol–water partition coefficient (Wildman–Crippen LogP) is 0.429. The number of hydrogen-bond donors (Lipinski definition) is 2. The van der Waals surface area contributed by atoms with Crippen LogP contribution in [0.5, 0.6) is 0 Å². The van der Waals surface area contributed by atoms with Gasteiger partial charge in [-0.2, -0.15) is 0 Å². The molecule has 0 unspecified atom stereocenters. The molecule has 0 bridgehead atoms. The van der Waals surface area contributed by atoms with Crippen LogP contribution in [0.15, 0.2) is 4.99 Å². The number of fused-ring (bicyclic) bond motifs is 1. The first kappa shape index (κ1) is 11.5. The third-order valence-electron chi connectivity index (χ3n) is 3.87. The van der Waals surface area contributed by atoms with Crippen LogP contribution in [0.2, 0.25) is 0 Å². The van der Waals surface area contributed by atoms with E-state index in [4.69, 9.17) is 5.73 Å². The zero-order valence-electron chi connectivity index (χ0n) is 10.6. The molecule has 6 heteroatoms. The molecule has 0 radical (unpaired) electrons. The quantitative estimate of drug-likeness (QED) is 0.598. The minimum atomic E-state index is 0.524. The zero-order chi connectivity index (χ0) is 12.4. The van der Waals surface area contributed by atoms with Crippen molar-refractivity contribution in [2.24, 2.45) is 16.6 Å². The largest absolute Gasteiger partial charge is 0.370 e. The number of aryl methyl sites for hydroxylation is 1. The van der Waals surface area contributed by atoms with Crippen molar-refractivity contribution >= 4 is 5.96 Å². The fourth-order valence-corrected chi connectivity index (χ4v) is 2.49. The van der Waals surface area contributed by atoms with Gasteiger partial charge in [-0.25, -0.2) is 4.99 Å². The van der Waals surface area contributed by atoms with Crippen LogP contribution in [0.1, 0.15) is 37.3 Å². The van der Waals surface area contributed by atoms with Crippen molar-refractivity contribution in [3.05, 3.63) is 11.6 Å². The third kappa shape index (κ3) is 2.32. The van der Waals surface area contributed by atoms with Crippen LogP contribution in [0.4, 0.5) is 0 Å². The summed E-state index contributed by atoms with van der Waals surface area (Å²) in [6.45, 7) is 2.49. The second-order valence-corrected chi connectivity index (χ2v) is 5.17. The van der Waals surface area contributed by atoms with Gasteiger partial charge in [-0.15, -0.1) is 10.2 Å². The van der Waals surface area contributed by atoms with E-state index in [1.54, 1.807) is 0 Å². The molecule has 18 heavy (non-hydrogen) atoms. The van der Waals surface area contributed by atoms with Crippen molar-refractivity contribution in [1.29, 1.82) is 0 Å². The van der Waals surface area contributed by atoms with Crippen molar-refractivity contribution in [1.82, 2.24) is 20.1 Å². The standard InChI is InChI=1S/C12H20N6/c13-12(14-7-9-3-1-4-9)15-8-11-17-16-10-5-2-6-18(10)11/h9H,1-8H2,(H3,13,14,15). The Labute approximate surface area is 107 Å². The summed E-state index contributed by atoms with van der Waals surface area (Å²) in [5.41, 5.74) is 5.84. The molecule has 3 rings (SSSR count). The Morgan fingerprint density at radius 1 is 1.39 bits per heavy atom. The van der Waals surface area contributed by atoms with Crippen molar-refractivity contribution in [2.75, 3.05) is 6.54 Å². The zero-order valence-corrected chi connectivity index (χ0v) is 10.6. The topological polar surface area (TPSA) is 81.1 Å². The second kappa shape index (κ2) is 4.96. The summed E-state index contributed by atoms with van der Waals surface area (Å²) in [4.78, 5) is 4.33. The van der Waals surface area contributed by atoms with Gasteiger partial charge in [0.25, 0.3) is 0 Å². The maximum Gasteiger partial charge on any atom is 0.189 e. The summed E-state index contributed by atoms with van der Waals surface area (Å²) >= 11 is 0. The normalized spacial score (nSPS) is 19.7. The molecule has 1 aliphatic heterocycles. The fraction of sp³-hybridized carbons (Fsp3) is 0.750. The van der Waals surface area contributed by atoms with E-state index in [9.17, 15) is 0 Å².